The minimum absolute atomic E-state index is 0.0602. The maximum Gasteiger partial charge on any atom is 0.344 e. The molecule has 2 aromatic rings. The zero-order valence-electron chi connectivity index (χ0n) is 11.1. The molecule has 0 bridgehead atoms. The van der Waals surface area contributed by atoms with Crippen molar-refractivity contribution in [1.29, 1.82) is 0 Å². The summed E-state index contributed by atoms with van der Waals surface area (Å²) in [6, 6.07) is 3.79. The first kappa shape index (κ1) is 13.8. The van der Waals surface area contributed by atoms with Gasteiger partial charge < -0.3 is 5.73 Å². The van der Waals surface area contributed by atoms with Gasteiger partial charge in [0.15, 0.2) is 5.16 Å². The highest BCUT2D eigenvalue weighted by Crippen LogP contribution is 2.26. The van der Waals surface area contributed by atoms with E-state index >= 15 is 0 Å². The molecule has 6 nitrogen and oxygen atoms in total. The normalized spacial score (nSPS) is 12.9. The van der Waals surface area contributed by atoms with Crippen LogP contribution in [-0.2, 0) is 0 Å². The van der Waals surface area contributed by atoms with Crippen LogP contribution in [0.25, 0.3) is 0 Å². The van der Waals surface area contributed by atoms with E-state index in [1.807, 2.05) is 32.9 Å². The van der Waals surface area contributed by atoms with Crippen LogP contribution in [0.4, 0.5) is 0 Å². The van der Waals surface area contributed by atoms with Crippen molar-refractivity contribution in [2.24, 2.45) is 5.73 Å². The third kappa shape index (κ3) is 3.05. The van der Waals surface area contributed by atoms with Crippen LogP contribution in [0.5, 0.6) is 0 Å². The van der Waals surface area contributed by atoms with Gasteiger partial charge in [0.1, 0.15) is 0 Å². The smallest absolute Gasteiger partial charge is 0.323 e. The molecule has 0 aliphatic heterocycles. The predicted molar refractivity (Wildman–Crippen MR) is 74.2 cm³/mol. The van der Waals surface area contributed by atoms with E-state index in [2.05, 4.69) is 15.2 Å². The Morgan fingerprint density at radius 2 is 2.11 bits per heavy atom. The minimum Gasteiger partial charge on any atom is -0.323 e. The Morgan fingerprint density at radius 3 is 2.63 bits per heavy atom. The molecule has 0 aliphatic rings. The molecule has 19 heavy (non-hydrogen) atoms. The first-order valence-corrected chi connectivity index (χ1v) is 6.87. The van der Waals surface area contributed by atoms with Crippen molar-refractivity contribution in [1.82, 2.24) is 19.7 Å². The lowest BCUT2D eigenvalue weighted by Crippen LogP contribution is -2.19. The van der Waals surface area contributed by atoms with Crippen molar-refractivity contribution in [2.75, 3.05) is 0 Å². The molecule has 0 aromatic carbocycles. The van der Waals surface area contributed by atoms with Crippen molar-refractivity contribution < 1.29 is 0 Å². The van der Waals surface area contributed by atoms with Crippen LogP contribution in [0.3, 0.4) is 0 Å². The van der Waals surface area contributed by atoms with Gasteiger partial charge in [0.2, 0.25) is 0 Å². The second-order valence-corrected chi connectivity index (χ2v) is 5.63. The van der Waals surface area contributed by atoms with Gasteiger partial charge in [-0.05, 0) is 44.7 Å². The lowest BCUT2D eigenvalue weighted by atomic mass is 10.2. The largest absolute Gasteiger partial charge is 0.344 e. The van der Waals surface area contributed by atoms with Crippen LogP contribution < -0.4 is 11.4 Å². The van der Waals surface area contributed by atoms with Gasteiger partial charge in [-0.2, -0.15) is 0 Å². The van der Waals surface area contributed by atoms with Crippen molar-refractivity contribution in [3.8, 4) is 0 Å². The monoisotopic (exact) mass is 279 g/mol. The molecular formula is C12H17N5OS. The molecule has 0 saturated heterocycles. The first-order chi connectivity index (χ1) is 8.99. The highest BCUT2D eigenvalue weighted by molar-refractivity contribution is 7.99. The van der Waals surface area contributed by atoms with E-state index in [0.29, 0.717) is 5.16 Å². The van der Waals surface area contributed by atoms with Crippen LogP contribution in [0.2, 0.25) is 0 Å². The molecule has 1 atom stereocenters. The molecule has 2 aromatic heterocycles. The zero-order chi connectivity index (χ0) is 14.0. The first-order valence-electron chi connectivity index (χ1n) is 6.05. The second-order valence-electron chi connectivity index (χ2n) is 4.58. The lowest BCUT2D eigenvalue weighted by molar-refractivity contribution is 0.534. The predicted octanol–water partition coefficient (Wildman–Crippen LogP) is 1.72. The van der Waals surface area contributed by atoms with Crippen LogP contribution in [-0.4, -0.2) is 19.7 Å². The number of aromatic nitrogens is 4. The molecule has 2 heterocycles. The molecular weight excluding hydrogens is 262 g/mol. The van der Waals surface area contributed by atoms with E-state index in [-0.39, 0.29) is 17.8 Å². The summed E-state index contributed by atoms with van der Waals surface area (Å²) in [5.74, 6) is 0. The molecule has 1 unspecified atom stereocenters. The summed E-state index contributed by atoms with van der Waals surface area (Å²) in [6.45, 7) is 5.77. The zero-order valence-corrected chi connectivity index (χ0v) is 11.9. The molecule has 0 aliphatic carbocycles. The topological polar surface area (TPSA) is 89.6 Å². The second kappa shape index (κ2) is 5.58. The van der Waals surface area contributed by atoms with Crippen LogP contribution in [0.1, 0.15) is 38.5 Å². The molecule has 2 rings (SSSR count). The standard InChI is InChI=1S/C12H17N5OS/c1-7(2)17-11(18)15-16-12(17)19-9-4-5-10(8(3)13)14-6-9/h4-8H,13H2,1-3H3,(H,15,18). The third-order valence-corrected chi connectivity index (χ3v) is 3.57. The quantitative estimate of drug-likeness (QED) is 0.889. The van der Waals surface area contributed by atoms with Gasteiger partial charge in [0.25, 0.3) is 0 Å². The molecule has 0 radical (unpaired) electrons. The van der Waals surface area contributed by atoms with E-state index in [0.717, 1.165) is 10.6 Å². The maximum absolute atomic E-state index is 11.6. The molecule has 0 fully saturated rings. The average Bonchev–Trinajstić information content (AvgIpc) is 2.71. The summed E-state index contributed by atoms with van der Waals surface area (Å²) in [6.07, 6.45) is 1.74. The fraction of sp³-hybridized carbons (Fsp3) is 0.417. The summed E-state index contributed by atoms with van der Waals surface area (Å²) in [4.78, 5) is 16.8. The van der Waals surface area contributed by atoms with Gasteiger partial charge in [-0.3, -0.25) is 9.55 Å². The van der Waals surface area contributed by atoms with Gasteiger partial charge in [-0.25, -0.2) is 9.89 Å². The Kier molecular flexibility index (Phi) is 4.06. The Morgan fingerprint density at radius 1 is 1.37 bits per heavy atom. The van der Waals surface area contributed by atoms with Gasteiger partial charge in [-0.1, -0.05) is 0 Å². The van der Waals surface area contributed by atoms with Crippen molar-refractivity contribution >= 4 is 11.8 Å². The van der Waals surface area contributed by atoms with Crippen molar-refractivity contribution in [2.45, 2.75) is 42.9 Å². The fourth-order valence-corrected chi connectivity index (χ4v) is 2.58. The Hall–Kier alpha value is -1.60. The Bertz CT molecular complexity index is 599. The minimum atomic E-state index is -0.197. The molecule has 0 saturated carbocycles. The molecule has 0 amide bonds. The van der Waals surface area contributed by atoms with Gasteiger partial charge in [0.05, 0.1) is 5.69 Å². The summed E-state index contributed by atoms with van der Waals surface area (Å²) in [5, 5.41) is 7.12. The Balaban J connectivity index is 2.24. The van der Waals surface area contributed by atoms with Crippen LogP contribution in [0, 0.1) is 0 Å². The molecule has 0 spiro atoms. The maximum atomic E-state index is 11.6. The molecule has 3 N–H and O–H groups in total. The number of H-pyrrole nitrogens is 1. The van der Waals surface area contributed by atoms with E-state index in [4.69, 9.17) is 5.73 Å². The SMILES string of the molecule is CC(N)c1ccc(Sc2n[nH]c(=O)n2C(C)C)cn1. The lowest BCUT2D eigenvalue weighted by Gasteiger charge is -2.09. The average molecular weight is 279 g/mol. The summed E-state index contributed by atoms with van der Waals surface area (Å²) in [5.41, 5.74) is 6.40. The van der Waals surface area contributed by atoms with Gasteiger partial charge in [-0.15, -0.1) is 5.10 Å². The molecule has 7 heteroatoms. The third-order valence-electron chi connectivity index (χ3n) is 2.62. The van der Waals surface area contributed by atoms with Gasteiger partial charge in [0, 0.05) is 23.2 Å². The summed E-state index contributed by atoms with van der Waals surface area (Å²) < 4.78 is 1.62. The number of hydrogen-bond acceptors (Lipinski definition) is 5. The van der Waals surface area contributed by atoms with Crippen LogP contribution in [0.15, 0.2) is 33.2 Å². The highest BCUT2D eigenvalue weighted by Gasteiger charge is 2.13. The number of nitrogens with two attached hydrogens (primary N) is 1. The Labute approximate surface area is 115 Å². The van der Waals surface area contributed by atoms with E-state index < -0.39 is 0 Å². The molecule has 102 valence electrons. The fourth-order valence-electron chi connectivity index (χ4n) is 1.64. The van der Waals surface area contributed by atoms with E-state index in [1.165, 1.54) is 11.8 Å². The number of rotatable bonds is 4. The van der Waals surface area contributed by atoms with Crippen LogP contribution >= 0.6 is 11.8 Å². The van der Waals surface area contributed by atoms with Gasteiger partial charge >= 0.3 is 5.69 Å². The number of aromatic amines is 1. The van der Waals surface area contributed by atoms with Crippen molar-refractivity contribution in [3.63, 3.8) is 0 Å². The van der Waals surface area contributed by atoms with E-state index in [9.17, 15) is 4.79 Å². The summed E-state index contributed by atoms with van der Waals surface area (Å²) in [7, 11) is 0. The number of hydrogen-bond donors (Lipinski definition) is 2. The van der Waals surface area contributed by atoms with E-state index in [1.54, 1.807) is 10.8 Å². The number of nitrogens with one attached hydrogen (secondary N) is 1. The van der Waals surface area contributed by atoms with Crippen molar-refractivity contribution in [3.05, 3.63) is 34.5 Å². The highest BCUT2D eigenvalue weighted by atomic mass is 32.2. The summed E-state index contributed by atoms with van der Waals surface area (Å²) >= 11 is 1.40. The number of pyridine rings is 1. The number of nitrogens with zero attached hydrogens (tertiary/aromatic N) is 3.